The number of aromatic nitrogens is 2. The average molecular weight is 352 g/mol. The van der Waals surface area contributed by atoms with Crippen LogP contribution in [-0.2, 0) is 14.2 Å². The van der Waals surface area contributed by atoms with Crippen LogP contribution >= 0.6 is 0 Å². The van der Waals surface area contributed by atoms with Crippen LogP contribution in [0.15, 0.2) is 42.5 Å². The van der Waals surface area contributed by atoms with E-state index in [1.807, 2.05) is 18.2 Å². The van der Waals surface area contributed by atoms with Gasteiger partial charge in [-0.05, 0) is 24.3 Å². The van der Waals surface area contributed by atoms with Crippen molar-refractivity contribution in [1.29, 1.82) is 0 Å². The largest absolute Gasteiger partial charge is 0.460 e. The molecular weight excluding hydrogens is 336 g/mol. The van der Waals surface area contributed by atoms with Gasteiger partial charge in [-0.25, -0.2) is 9.78 Å². The fourth-order valence-corrected chi connectivity index (χ4v) is 2.99. The minimum Gasteiger partial charge on any atom is -0.460 e. The van der Waals surface area contributed by atoms with Gasteiger partial charge in [0.05, 0.1) is 28.8 Å². The summed E-state index contributed by atoms with van der Waals surface area (Å²) in [7, 11) is 1.52. The first-order valence-corrected chi connectivity index (χ1v) is 8.11. The first kappa shape index (κ1) is 16.4. The standard InChI is InChI=1S/C19H16N2O5/c1-24-11-25-8-9-26-19(23)12-6-7-15-16(10-12)21-17(20-15)13-4-2-3-5-14(13)18(21)22/h2-7,10H,8-9,11H2,1H3. The number of nitrogens with zero attached hydrogens (tertiary/aromatic N) is 2. The summed E-state index contributed by atoms with van der Waals surface area (Å²) in [4.78, 5) is 29.5. The van der Waals surface area contributed by atoms with Gasteiger partial charge < -0.3 is 14.2 Å². The van der Waals surface area contributed by atoms with E-state index in [1.165, 1.54) is 7.11 Å². The molecule has 1 aliphatic heterocycles. The summed E-state index contributed by atoms with van der Waals surface area (Å²) in [6.07, 6.45) is 0. The van der Waals surface area contributed by atoms with Gasteiger partial charge in [0.25, 0.3) is 5.91 Å². The lowest BCUT2D eigenvalue weighted by Gasteiger charge is -2.06. The molecule has 7 heteroatoms. The topological polar surface area (TPSA) is 79.7 Å². The minimum absolute atomic E-state index is 0.120. The van der Waals surface area contributed by atoms with Gasteiger partial charge >= 0.3 is 5.97 Å². The normalized spacial score (nSPS) is 12.3. The number of hydrogen-bond acceptors (Lipinski definition) is 6. The number of fused-ring (bicyclic) bond motifs is 5. The first-order valence-electron chi connectivity index (χ1n) is 8.11. The van der Waals surface area contributed by atoms with Crippen molar-refractivity contribution in [2.24, 2.45) is 0 Å². The highest BCUT2D eigenvalue weighted by atomic mass is 16.7. The summed E-state index contributed by atoms with van der Waals surface area (Å²) in [6, 6.07) is 12.3. The Morgan fingerprint density at radius 1 is 1.12 bits per heavy atom. The lowest BCUT2D eigenvalue weighted by molar-refractivity contribution is -0.0453. The van der Waals surface area contributed by atoms with E-state index in [-0.39, 0.29) is 25.9 Å². The van der Waals surface area contributed by atoms with Gasteiger partial charge in [0, 0.05) is 12.7 Å². The lowest BCUT2D eigenvalue weighted by atomic mass is 10.1. The van der Waals surface area contributed by atoms with Gasteiger partial charge in [0.15, 0.2) is 0 Å². The molecule has 26 heavy (non-hydrogen) atoms. The second-order valence-electron chi connectivity index (χ2n) is 5.78. The van der Waals surface area contributed by atoms with Gasteiger partial charge in [0.2, 0.25) is 0 Å². The van der Waals surface area contributed by atoms with E-state index in [1.54, 1.807) is 28.8 Å². The van der Waals surface area contributed by atoms with Crippen molar-refractivity contribution >= 4 is 22.9 Å². The Morgan fingerprint density at radius 3 is 2.73 bits per heavy atom. The highest BCUT2D eigenvalue weighted by Crippen LogP contribution is 2.34. The molecule has 0 spiro atoms. The molecule has 0 N–H and O–H groups in total. The molecule has 2 aromatic carbocycles. The molecule has 0 unspecified atom stereocenters. The highest BCUT2D eigenvalue weighted by molar-refractivity contribution is 6.13. The SMILES string of the molecule is COCOCCOC(=O)c1ccc2nc3n(c2c1)C(=O)c1ccccc1-3. The van der Waals surface area contributed by atoms with Crippen molar-refractivity contribution in [1.82, 2.24) is 9.55 Å². The van der Waals surface area contributed by atoms with Crippen LogP contribution in [0, 0.1) is 0 Å². The van der Waals surface area contributed by atoms with E-state index >= 15 is 0 Å². The van der Waals surface area contributed by atoms with E-state index in [0.29, 0.717) is 28.0 Å². The molecule has 1 aliphatic rings. The third-order valence-corrected chi connectivity index (χ3v) is 4.15. The Bertz CT molecular complexity index is 1010. The van der Waals surface area contributed by atoms with Crippen LogP contribution in [0.5, 0.6) is 0 Å². The van der Waals surface area contributed by atoms with E-state index in [0.717, 1.165) is 5.56 Å². The van der Waals surface area contributed by atoms with Gasteiger partial charge in [-0.1, -0.05) is 18.2 Å². The molecule has 1 aromatic heterocycles. The number of benzene rings is 2. The molecule has 0 atom stereocenters. The smallest absolute Gasteiger partial charge is 0.338 e. The zero-order valence-electron chi connectivity index (χ0n) is 14.1. The fraction of sp³-hybridized carbons (Fsp3) is 0.211. The maximum absolute atomic E-state index is 12.7. The van der Waals surface area contributed by atoms with Crippen LogP contribution in [0.2, 0.25) is 0 Å². The second kappa shape index (κ2) is 6.70. The van der Waals surface area contributed by atoms with Gasteiger partial charge in [0.1, 0.15) is 19.2 Å². The van der Waals surface area contributed by atoms with Crippen molar-refractivity contribution in [3.05, 3.63) is 53.6 Å². The third-order valence-electron chi connectivity index (χ3n) is 4.15. The molecule has 7 nitrogen and oxygen atoms in total. The lowest BCUT2D eigenvalue weighted by Crippen LogP contribution is -2.12. The number of esters is 1. The molecule has 0 radical (unpaired) electrons. The third kappa shape index (κ3) is 2.67. The van der Waals surface area contributed by atoms with Crippen molar-refractivity contribution in [3.63, 3.8) is 0 Å². The molecule has 0 fully saturated rings. The maximum atomic E-state index is 12.7. The van der Waals surface area contributed by atoms with Crippen molar-refractivity contribution in [2.75, 3.05) is 27.1 Å². The minimum atomic E-state index is -0.480. The van der Waals surface area contributed by atoms with Crippen molar-refractivity contribution in [3.8, 4) is 11.4 Å². The Hall–Kier alpha value is -3.03. The highest BCUT2D eigenvalue weighted by Gasteiger charge is 2.29. The number of methoxy groups -OCH3 is 1. The summed E-state index contributed by atoms with van der Waals surface area (Å²) in [5.41, 5.74) is 3.01. The number of hydrogen-bond donors (Lipinski definition) is 0. The van der Waals surface area contributed by atoms with Gasteiger partial charge in [-0.15, -0.1) is 0 Å². The number of ether oxygens (including phenoxy) is 3. The van der Waals surface area contributed by atoms with Gasteiger partial charge in [-0.3, -0.25) is 9.36 Å². The summed E-state index contributed by atoms with van der Waals surface area (Å²) >= 11 is 0. The Labute approximate surface area is 149 Å². The zero-order valence-corrected chi connectivity index (χ0v) is 14.1. The van der Waals surface area contributed by atoms with Crippen LogP contribution in [0.4, 0.5) is 0 Å². The summed E-state index contributed by atoms with van der Waals surface area (Å²) < 4.78 is 16.5. The quantitative estimate of drug-likeness (QED) is 0.301. The predicted molar refractivity (Wildman–Crippen MR) is 93.0 cm³/mol. The molecule has 3 aromatic rings. The molecule has 0 amide bonds. The van der Waals surface area contributed by atoms with Crippen molar-refractivity contribution < 1.29 is 23.8 Å². The van der Waals surface area contributed by atoms with E-state index in [9.17, 15) is 9.59 Å². The van der Waals surface area contributed by atoms with E-state index in [4.69, 9.17) is 14.2 Å². The molecular formula is C19H16N2O5. The first-order chi connectivity index (χ1) is 12.7. The fourth-order valence-electron chi connectivity index (χ4n) is 2.99. The van der Waals surface area contributed by atoms with Crippen LogP contribution < -0.4 is 0 Å². The molecule has 4 rings (SSSR count). The number of imidazole rings is 1. The summed E-state index contributed by atoms with van der Waals surface area (Å²) in [6.45, 7) is 0.515. The molecule has 0 aliphatic carbocycles. The van der Waals surface area contributed by atoms with Gasteiger partial charge in [-0.2, -0.15) is 0 Å². The molecule has 132 valence electrons. The number of rotatable bonds is 6. The molecule has 2 heterocycles. The zero-order chi connectivity index (χ0) is 18.1. The summed E-state index contributed by atoms with van der Waals surface area (Å²) in [5.74, 6) is -0.0258. The molecule has 0 saturated carbocycles. The maximum Gasteiger partial charge on any atom is 0.338 e. The van der Waals surface area contributed by atoms with Crippen LogP contribution in [0.1, 0.15) is 20.7 Å². The monoisotopic (exact) mass is 352 g/mol. The Kier molecular flexibility index (Phi) is 4.24. The molecule has 0 saturated heterocycles. The second-order valence-corrected chi connectivity index (χ2v) is 5.78. The Balaban J connectivity index is 1.61. The van der Waals surface area contributed by atoms with Crippen molar-refractivity contribution in [2.45, 2.75) is 0 Å². The number of carbonyl (C=O) groups is 2. The van der Waals surface area contributed by atoms with E-state index in [2.05, 4.69) is 4.98 Å². The van der Waals surface area contributed by atoms with Crippen LogP contribution in [0.3, 0.4) is 0 Å². The van der Waals surface area contributed by atoms with E-state index < -0.39 is 5.97 Å². The van der Waals surface area contributed by atoms with Crippen LogP contribution in [0.25, 0.3) is 22.4 Å². The van der Waals surface area contributed by atoms with Crippen LogP contribution in [-0.4, -0.2) is 48.5 Å². The Morgan fingerprint density at radius 2 is 1.92 bits per heavy atom. The summed E-state index contributed by atoms with van der Waals surface area (Å²) in [5, 5.41) is 0. The predicted octanol–water partition coefficient (Wildman–Crippen LogP) is 2.48. The average Bonchev–Trinajstić information content (AvgIpc) is 3.17. The molecule has 0 bridgehead atoms. The number of carbonyl (C=O) groups excluding carboxylic acids is 2.